The second-order valence-corrected chi connectivity index (χ2v) is 6.68. The van der Waals surface area contributed by atoms with Crippen LogP contribution in [0.15, 0.2) is 42.5 Å². The van der Waals surface area contributed by atoms with Gasteiger partial charge in [0.1, 0.15) is 5.75 Å². The molecule has 1 unspecified atom stereocenters. The van der Waals surface area contributed by atoms with Gasteiger partial charge >= 0.3 is 10.1 Å². The highest BCUT2D eigenvalue weighted by Crippen LogP contribution is 2.24. The van der Waals surface area contributed by atoms with Crippen molar-refractivity contribution in [2.75, 3.05) is 7.11 Å². The first kappa shape index (κ1) is 14.8. The van der Waals surface area contributed by atoms with E-state index in [4.69, 9.17) is 4.74 Å². The average Bonchev–Trinajstić information content (AvgIpc) is 2.44. The molecule has 0 bridgehead atoms. The van der Waals surface area contributed by atoms with Crippen molar-refractivity contribution >= 4 is 20.9 Å². The minimum atomic E-state index is -3.73. The van der Waals surface area contributed by atoms with E-state index in [0.717, 1.165) is 17.9 Å². The highest BCUT2D eigenvalue weighted by atomic mass is 32.2. The molecule has 0 aliphatic carbocycles. The summed E-state index contributed by atoms with van der Waals surface area (Å²) in [5, 5.41) is 2.08. The zero-order valence-electron chi connectivity index (χ0n) is 11.7. The lowest BCUT2D eigenvalue weighted by Crippen LogP contribution is -2.33. The van der Waals surface area contributed by atoms with Gasteiger partial charge in [0.2, 0.25) is 5.44 Å². The first-order valence-electron chi connectivity index (χ1n) is 6.39. The molecule has 20 heavy (non-hydrogen) atoms. The molecule has 0 heterocycles. The molecule has 1 atom stereocenters. The van der Waals surface area contributed by atoms with E-state index in [-0.39, 0.29) is 5.92 Å². The van der Waals surface area contributed by atoms with E-state index < -0.39 is 15.6 Å². The van der Waals surface area contributed by atoms with Crippen LogP contribution in [-0.2, 0) is 14.3 Å². The van der Waals surface area contributed by atoms with Crippen LogP contribution in [0.4, 0.5) is 0 Å². The zero-order chi connectivity index (χ0) is 14.8. The summed E-state index contributed by atoms with van der Waals surface area (Å²) in [6.07, 6.45) is 0. The molecule has 4 nitrogen and oxygen atoms in total. The van der Waals surface area contributed by atoms with Crippen molar-refractivity contribution in [2.45, 2.75) is 19.3 Å². The Morgan fingerprint density at radius 2 is 1.65 bits per heavy atom. The molecule has 0 fully saturated rings. The van der Waals surface area contributed by atoms with Crippen LogP contribution in [0, 0.1) is 5.92 Å². The largest absolute Gasteiger partial charge is 0.472 e. The maximum atomic E-state index is 11.9. The quantitative estimate of drug-likeness (QED) is 0.795. The monoisotopic (exact) mass is 294 g/mol. The summed E-state index contributed by atoms with van der Waals surface area (Å²) in [6.45, 7) is 3.56. The third kappa shape index (κ3) is 3.11. The zero-order valence-corrected chi connectivity index (χ0v) is 12.6. The van der Waals surface area contributed by atoms with Gasteiger partial charge in [-0.1, -0.05) is 44.2 Å². The highest BCUT2D eigenvalue weighted by molar-refractivity contribution is 7.87. The van der Waals surface area contributed by atoms with Crippen molar-refractivity contribution in [1.82, 2.24) is 0 Å². The van der Waals surface area contributed by atoms with E-state index in [2.05, 4.69) is 4.18 Å². The first-order valence-corrected chi connectivity index (χ1v) is 7.86. The molecule has 0 N–H and O–H groups in total. The fraction of sp³-hybridized carbons (Fsp3) is 0.333. The molecule has 0 spiro atoms. The molecular formula is C15H18O4S. The van der Waals surface area contributed by atoms with Crippen molar-refractivity contribution < 1.29 is 17.3 Å². The van der Waals surface area contributed by atoms with Gasteiger partial charge in [-0.25, -0.2) is 0 Å². The Morgan fingerprint density at radius 3 is 2.25 bits per heavy atom. The molecule has 0 saturated heterocycles. The fourth-order valence-corrected chi connectivity index (χ4v) is 3.08. The Kier molecular flexibility index (Phi) is 4.30. The lowest BCUT2D eigenvalue weighted by molar-refractivity contribution is 0.203. The smallest absolute Gasteiger partial charge is 0.305 e. The average molecular weight is 294 g/mol. The van der Waals surface area contributed by atoms with Gasteiger partial charge in [0, 0.05) is 5.92 Å². The molecule has 2 aromatic carbocycles. The number of rotatable bonds is 5. The Hall–Kier alpha value is -1.59. The van der Waals surface area contributed by atoms with Crippen LogP contribution in [-0.4, -0.2) is 21.0 Å². The van der Waals surface area contributed by atoms with Crippen LogP contribution in [0.5, 0.6) is 5.75 Å². The van der Waals surface area contributed by atoms with Crippen molar-refractivity contribution in [2.24, 2.45) is 5.92 Å². The van der Waals surface area contributed by atoms with Crippen molar-refractivity contribution in [3.63, 3.8) is 0 Å². The Labute approximate surface area is 119 Å². The van der Waals surface area contributed by atoms with E-state index in [9.17, 15) is 8.42 Å². The molecule has 0 aromatic heterocycles. The minimum absolute atomic E-state index is 0.216. The van der Waals surface area contributed by atoms with E-state index in [1.54, 1.807) is 19.9 Å². The summed E-state index contributed by atoms with van der Waals surface area (Å²) in [5.74, 6) is 0.300. The van der Waals surface area contributed by atoms with Crippen LogP contribution >= 0.6 is 0 Å². The highest BCUT2D eigenvalue weighted by Gasteiger charge is 2.30. The second-order valence-electron chi connectivity index (χ2n) is 4.90. The molecule has 0 amide bonds. The van der Waals surface area contributed by atoms with Crippen LogP contribution in [0.3, 0.4) is 0 Å². The number of hydrogen-bond donors (Lipinski definition) is 0. The summed E-state index contributed by atoms with van der Waals surface area (Å²) < 4.78 is 33.9. The Balaban J connectivity index is 2.34. The van der Waals surface area contributed by atoms with Gasteiger partial charge in [0.25, 0.3) is 0 Å². The van der Waals surface area contributed by atoms with Gasteiger partial charge in [0.15, 0.2) is 0 Å². The van der Waals surface area contributed by atoms with E-state index in [1.165, 1.54) is 0 Å². The Morgan fingerprint density at radius 1 is 1.00 bits per heavy atom. The van der Waals surface area contributed by atoms with E-state index >= 15 is 0 Å². The molecule has 2 rings (SSSR count). The van der Waals surface area contributed by atoms with Crippen LogP contribution in [0.25, 0.3) is 10.8 Å². The SMILES string of the molecule is COS(=O)(=O)C(Oc1ccc2ccccc2c1)C(C)C. The molecular weight excluding hydrogens is 276 g/mol. The predicted octanol–water partition coefficient (Wildman–Crippen LogP) is 3.18. The minimum Gasteiger partial charge on any atom is -0.472 e. The molecule has 0 radical (unpaired) electrons. The van der Waals surface area contributed by atoms with Gasteiger partial charge < -0.3 is 4.74 Å². The molecule has 108 valence electrons. The Bertz CT molecular complexity index is 692. The van der Waals surface area contributed by atoms with Crippen molar-refractivity contribution in [3.8, 4) is 5.75 Å². The molecule has 0 aliphatic rings. The van der Waals surface area contributed by atoms with Crippen molar-refractivity contribution in [1.29, 1.82) is 0 Å². The van der Waals surface area contributed by atoms with E-state index in [0.29, 0.717) is 5.75 Å². The summed E-state index contributed by atoms with van der Waals surface area (Å²) in [4.78, 5) is 0. The summed E-state index contributed by atoms with van der Waals surface area (Å²) >= 11 is 0. The number of ether oxygens (including phenoxy) is 1. The van der Waals surface area contributed by atoms with Gasteiger partial charge in [-0.15, -0.1) is 0 Å². The normalized spacial score (nSPS) is 13.6. The number of fused-ring (bicyclic) bond motifs is 1. The maximum absolute atomic E-state index is 11.9. The fourth-order valence-electron chi connectivity index (χ4n) is 2.00. The molecule has 5 heteroatoms. The predicted molar refractivity (Wildman–Crippen MR) is 79.1 cm³/mol. The molecule has 0 saturated carbocycles. The third-order valence-corrected chi connectivity index (χ3v) is 4.71. The second kappa shape index (κ2) is 5.81. The number of hydrogen-bond acceptors (Lipinski definition) is 4. The van der Waals surface area contributed by atoms with Gasteiger partial charge in [0.05, 0.1) is 7.11 Å². The standard InChI is InChI=1S/C15H18O4S/c1-11(2)15(20(16,17)18-3)19-14-9-8-12-6-4-5-7-13(12)10-14/h4-11,15H,1-3H3. The topological polar surface area (TPSA) is 52.6 Å². The third-order valence-electron chi connectivity index (χ3n) is 3.03. The van der Waals surface area contributed by atoms with Crippen LogP contribution in [0.2, 0.25) is 0 Å². The molecule has 2 aromatic rings. The summed E-state index contributed by atoms with van der Waals surface area (Å²) in [6, 6.07) is 13.3. The van der Waals surface area contributed by atoms with Gasteiger partial charge in [-0.05, 0) is 22.9 Å². The summed E-state index contributed by atoms with van der Waals surface area (Å²) in [7, 11) is -2.59. The number of benzene rings is 2. The van der Waals surface area contributed by atoms with Gasteiger partial charge in [-0.2, -0.15) is 8.42 Å². The summed E-state index contributed by atoms with van der Waals surface area (Å²) in [5.41, 5.74) is -1.02. The lowest BCUT2D eigenvalue weighted by Gasteiger charge is -2.21. The first-order chi connectivity index (χ1) is 9.44. The van der Waals surface area contributed by atoms with Crippen molar-refractivity contribution in [3.05, 3.63) is 42.5 Å². The van der Waals surface area contributed by atoms with E-state index in [1.807, 2.05) is 36.4 Å². The maximum Gasteiger partial charge on any atom is 0.305 e. The molecule has 0 aliphatic heterocycles. The van der Waals surface area contributed by atoms with Gasteiger partial charge in [-0.3, -0.25) is 4.18 Å². The lowest BCUT2D eigenvalue weighted by atomic mass is 10.1. The van der Waals surface area contributed by atoms with Crippen LogP contribution in [0.1, 0.15) is 13.8 Å². The van der Waals surface area contributed by atoms with Crippen LogP contribution < -0.4 is 4.74 Å².